The number of aryl methyl sites for hydroxylation is 1. The summed E-state index contributed by atoms with van der Waals surface area (Å²) in [7, 11) is 0. The lowest BCUT2D eigenvalue weighted by Crippen LogP contribution is -2.35. The molecular formula is C20H25ClN6O. The molecule has 1 amide bonds. The Balaban J connectivity index is 0.00000280. The van der Waals surface area contributed by atoms with Gasteiger partial charge in [-0.1, -0.05) is 19.4 Å². The second-order valence-electron chi connectivity index (χ2n) is 6.74. The number of nitrogens with one attached hydrogen (secondary N) is 2. The van der Waals surface area contributed by atoms with E-state index in [1.54, 1.807) is 19.1 Å². The highest BCUT2D eigenvalue weighted by atomic mass is 35.5. The van der Waals surface area contributed by atoms with Crippen molar-refractivity contribution < 1.29 is 4.79 Å². The maximum Gasteiger partial charge on any atom is 0.229 e. The summed E-state index contributed by atoms with van der Waals surface area (Å²) in [5.41, 5.74) is 2.35. The second-order valence-corrected chi connectivity index (χ2v) is 6.74. The quantitative estimate of drug-likeness (QED) is 0.773. The summed E-state index contributed by atoms with van der Waals surface area (Å²) >= 11 is 0. The smallest absolute Gasteiger partial charge is 0.229 e. The Labute approximate surface area is 171 Å². The number of rotatable bonds is 6. The van der Waals surface area contributed by atoms with E-state index in [-0.39, 0.29) is 24.4 Å². The van der Waals surface area contributed by atoms with Crippen molar-refractivity contribution in [2.75, 3.05) is 23.3 Å². The molecular weight excluding hydrogens is 376 g/mol. The lowest BCUT2D eigenvalue weighted by molar-refractivity contribution is -0.119. The van der Waals surface area contributed by atoms with Crippen LogP contribution in [0.2, 0.25) is 0 Å². The molecule has 1 aromatic carbocycles. The van der Waals surface area contributed by atoms with E-state index in [9.17, 15) is 4.79 Å². The van der Waals surface area contributed by atoms with E-state index >= 15 is 0 Å². The van der Waals surface area contributed by atoms with Gasteiger partial charge in [0.05, 0.1) is 11.6 Å². The lowest BCUT2D eigenvalue weighted by atomic mass is 10.2. The zero-order valence-corrected chi connectivity index (χ0v) is 16.9. The number of carbonyl (C=O) groups is 1. The number of carbonyl (C=O) groups excluding carboxylic acids is 1. The molecule has 0 spiro atoms. The van der Waals surface area contributed by atoms with Gasteiger partial charge >= 0.3 is 0 Å². The molecule has 1 aliphatic rings. The Hall–Kier alpha value is -2.85. The molecule has 2 aromatic rings. The van der Waals surface area contributed by atoms with E-state index in [1.165, 1.54) is 0 Å². The fraction of sp³-hybridized carbons (Fsp3) is 0.400. The highest BCUT2D eigenvalue weighted by Crippen LogP contribution is 2.23. The molecule has 2 N–H and O–H groups in total. The summed E-state index contributed by atoms with van der Waals surface area (Å²) in [6, 6.07) is 11.6. The first kappa shape index (κ1) is 21.5. The molecule has 0 bridgehead atoms. The monoisotopic (exact) mass is 400 g/mol. The van der Waals surface area contributed by atoms with Gasteiger partial charge in [0.1, 0.15) is 5.82 Å². The van der Waals surface area contributed by atoms with Gasteiger partial charge in [-0.3, -0.25) is 4.79 Å². The average Bonchev–Trinajstić information content (AvgIpc) is 3.10. The molecule has 2 heterocycles. The van der Waals surface area contributed by atoms with Crippen LogP contribution in [0.4, 0.5) is 17.5 Å². The standard InChI is InChI=1S/C20H24N6O.ClH/c1-3-5-16-11-19(26-9-8-18(13-26)22-14(2)27)25-20(23-16)24-17-7-4-6-15(10-17)12-21;/h4,6-7,10-11,18H,3,5,8-9,13H2,1-2H3,(H,22,27)(H,23,24,25);1H. The minimum Gasteiger partial charge on any atom is -0.354 e. The highest BCUT2D eigenvalue weighted by Gasteiger charge is 2.24. The summed E-state index contributed by atoms with van der Waals surface area (Å²) in [6.45, 7) is 5.25. The van der Waals surface area contributed by atoms with Crippen molar-refractivity contribution in [1.29, 1.82) is 5.26 Å². The maximum atomic E-state index is 11.3. The Morgan fingerprint density at radius 3 is 2.89 bits per heavy atom. The molecule has 8 heteroatoms. The first-order valence-corrected chi connectivity index (χ1v) is 9.24. The van der Waals surface area contributed by atoms with Crippen LogP contribution in [0.1, 0.15) is 37.9 Å². The predicted octanol–water partition coefficient (Wildman–Crippen LogP) is 3.18. The minimum atomic E-state index is -0.00376. The summed E-state index contributed by atoms with van der Waals surface area (Å²) in [5, 5.41) is 15.3. The van der Waals surface area contributed by atoms with Crippen molar-refractivity contribution in [1.82, 2.24) is 15.3 Å². The molecule has 0 saturated carbocycles. The van der Waals surface area contributed by atoms with Gasteiger partial charge in [0.25, 0.3) is 0 Å². The zero-order valence-electron chi connectivity index (χ0n) is 16.1. The van der Waals surface area contributed by atoms with Crippen LogP contribution in [-0.2, 0) is 11.2 Å². The molecule has 28 heavy (non-hydrogen) atoms. The Bertz CT molecular complexity index is 866. The van der Waals surface area contributed by atoms with Gasteiger partial charge in [-0.15, -0.1) is 12.4 Å². The van der Waals surface area contributed by atoms with Crippen LogP contribution in [-0.4, -0.2) is 35.0 Å². The molecule has 1 aromatic heterocycles. The second kappa shape index (κ2) is 9.90. The average molecular weight is 401 g/mol. The number of hydrogen-bond acceptors (Lipinski definition) is 6. The van der Waals surface area contributed by atoms with Crippen molar-refractivity contribution in [3.8, 4) is 6.07 Å². The van der Waals surface area contributed by atoms with Crippen LogP contribution >= 0.6 is 12.4 Å². The van der Waals surface area contributed by atoms with E-state index < -0.39 is 0 Å². The van der Waals surface area contributed by atoms with E-state index in [0.29, 0.717) is 11.5 Å². The van der Waals surface area contributed by atoms with Crippen LogP contribution in [0, 0.1) is 11.3 Å². The van der Waals surface area contributed by atoms with E-state index in [1.807, 2.05) is 18.2 Å². The van der Waals surface area contributed by atoms with E-state index in [0.717, 1.165) is 49.6 Å². The first-order chi connectivity index (χ1) is 13.1. The normalized spacial score (nSPS) is 15.5. The summed E-state index contributed by atoms with van der Waals surface area (Å²) in [6.07, 6.45) is 2.76. The van der Waals surface area contributed by atoms with Gasteiger partial charge in [0.15, 0.2) is 0 Å². The van der Waals surface area contributed by atoms with Crippen molar-refractivity contribution >= 4 is 35.8 Å². The molecule has 1 atom stereocenters. The summed E-state index contributed by atoms with van der Waals surface area (Å²) in [4.78, 5) is 22.8. The number of hydrogen-bond donors (Lipinski definition) is 2. The van der Waals surface area contributed by atoms with E-state index in [4.69, 9.17) is 5.26 Å². The van der Waals surface area contributed by atoms with Crippen molar-refractivity contribution in [3.63, 3.8) is 0 Å². The van der Waals surface area contributed by atoms with Gasteiger partial charge in [-0.2, -0.15) is 10.2 Å². The van der Waals surface area contributed by atoms with Gasteiger partial charge in [-0.25, -0.2) is 4.98 Å². The Morgan fingerprint density at radius 2 is 2.18 bits per heavy atom. The third-order valence-electron chi connectivity index (χ3n) is 4.44. The van der Waals surface area contributed by atoms with Gasteiger partial charge in [-0.05, 0) is 31.0 Å². The fourth-order valence-corrected chi connectivity index (χ4v) is 3.25. The SMILES string of the molecule is CCCc1cc(N2CCC(NC(C)=O)C2)nc(Nc2cccc(C#N)c2)n1.Cl. The predicted molar refractivity (Wildman–Crippen MR) is 112 cm³/mol. The number of nitriles is 1. The minimum absolute atomic E-state index is 0. The van der Waals surface area contributed by atoms with E-state index in [2.05, 4.69) is 38.5 Å². The molecule has 1 aliphatic heterocycles. The topological polar surface area (TPSA) is 93.9 Å². The molecule has 7 nitrogen and oxygen atoms in total. The lowest BCUT2D eigenvalue weighted by Gasteiger charge is -2.19. The number of halogens is 1. The highest BCUT2D eigenvalue weighted by molar-refractivity contribution is 5.85. The maximum absolute atomic E-state index is 11.3. The van der Waals surface area contributed by atoms with Crippen LogP contribution in [0.25, 0.3) is 0 Å². The summed E-state index contributed by atoms with van der Waals surface area (Å²) in [5.74, 6) is 1.38. The number of amides is 1. The van der Waals surface area contributed by atoms with Crippen LogP contribution < -0.4 is 15.5 Å². The number of benzene rings is 1. The van der Waals surface area contributed by atoms with Gasteiger partial charge < -0.3 is 15.5 Å². The third-order valence-corrected chi connectivity index (χ3v) is 4.44. The molecule has 0 aliphatic carbocycles. The Kier molecular flexibility index (Phi) is 7.59. The zero-order chi connectivity index (χ0) is 19.2. The number of anilines is 3. The van der Waals surface area contributed by atoms with Crippen molar-refractivity contribution in [2.45, 2.75) is 39.2 Å². The van der Waals surface area contributed by atoms with Gasteiger partial charge in [0.2, 0.25) is 11.9 Å². The third kappa shape index (κ3) is 5.57. The fourth-order valence-electron chi connectivity index (χ4n) is 3.25. The van der Waals surface area contributed by atoms with Gasteiger partial charge in [0, 0.05) is 43.5 Å². The molecule has 3 rings (SSSR count). The number of aromatic nitrogens is 2. The van der Waals surface area contributed by atoms with Crippen molar-refractivity contribution in [3.05, 3.63) is 41.6 Å². The molecule has 148 valence electrons. The van der Waals surface area contributed by atoms with Crippen molar-refractivity contribution in [2.24, 2.45) is 0 Å². The molecule has 1 saturated heterocycles. The van der Waals surface area contributed by atoms with Crippen LogP contribution in [0.3, 0.4) is 0 Å². The number of nitrogens with zero attached hydrogens (tertiary/aromatic N) is 4. The van der Waals surface area contributed by atoms with Crippen LogP contribution in [0.15, 0.2) is 30.3 Å². The summed E-state index contributed by atoms with van der Waals surface area (Å²) < 4.78 is 0. The largest absolute Gasteiger partial charge is 0.354 e. The first-order valence-electron chi connectivity index (χ1n) is 9.24. The van der Waals surface area contributed by atoms with Crippen LogP contribution in [0.5, 0.6) is 0 Å². The Morgan fingerprint density at radius 1 is 1.36 bits per heavy atom. The molecule has 1 unspecified atom stereocenters. The molecule has 1 fully saturated rings. The molecule has 0 radical (unpaired) electrons.